The highest BCUT2D eigenvalue weighted by Gasteiger charge is 2.35. The van der Waals surface area contributed by atoms with Gasteiger partial charge in [-0.25, -0.2) is 4.79 Å². The lowest BCUT2D eigenvalue weighted by molar-refractivity contribution is -0.145. The third-order valence-corrected chi connectivity index (χ3v) is 3.62. The Morgan fingerprint density at radius 1 is 1.17 bits per heavy atom. The van der Waals surface area contributed by atoms with Gasteiger partial charge in [0.15, 0.2) is 5.54 Å². The maximum atomic E-state index is 12.2. The zero-order valence-electron chi connectivity index (χ0n) is 13.1. The number of carbonyl (C=O) groups is 3. The van der Waals surface area contributed by atoms with Gasteiger partial charge in [-0.15, -0.1) is 0 Å². The van der Waals surface area contributed by atoms with Gasteiger partial charge in [-0.3, -0.25) is 9.59 Å². The smallest absolute Gasteiger partial charge is 0.331 e. The maximum Gasteiger partial charge on any atom is 0.331 e. The van der Waals surface area contributed by atoms with Crippen LogP contribution >= 0.6 is 0 Å². The molecule has 0 saturated heterocycles. The number of hydrogen-bond donors (Lipinski definition) is 3. The Labute approximate surface area is 134 Å². The second kappa shape index (κ2) is 6.78. The number of aliphatic carboxylic acids is 1. The van der Waals surface area contributed by atoms with Gasteiger partial charge in [0.05, 0.1) is 6.61 Å². The molecular weight excluding hydrogens is 300 g/mol. The van der Waals surface area contributed by atoms with Crippen molar-refractivity contribution in [2.75, 3.05) is 13.7 Å². The highest BCUT2D eigenvalue weighted by Crippen LogP contribution is 2.19. The lowest BCUT2D eigenvalue weighted by atomic mass is 10.0. The van der Waals surface area contributed by atoms with Crippen molar-refractivity contribution in [3.05, 3.63) is 35.4 Å². The molecule has 0 aliphatic heterocycles. The van der Waals surface area contributed by atoms with Crippen molar-refractivity contribution in [1.29, 1.82) is 0 Å². The summed E-state index contributed by atoms with van der Waals surface area (Å²) < 4.78 is 4.85. The Morgan fingerprint density at radius 2 is 1.70 bits per heavy atom. The third-order valence-electron chi connectivity index (χ3n) is 3.62. The summed E-state index contributed by atoms with van der Waals surface area (Å²) in [5, 5.41) is 14.5. The summed E-state index contributed by atoms with van der Waals surface area (Å²) in [4.78, 5) is 35.3. The lowest BCUT2D eigenvalue weighted by Gasteiger charge is -2.25. The second-order valence-corrected chi connectivity index (χ2v) is 5.85. The van der Waals surface area contributed by atoms with E-state index < -0.39 is 17.4 Å². The van der Waals surface area contributed by atoms with Crippen molar-refractivity contribution in [2.45, 2.75) is 31.3 Å². The molecule has 2 rings (SSSR count). The number of carbonyl (C=O) groups excluding carboxylic acids is 2. The summed E-state index contributed by atoms with van der Waals surface area (Å²) in [7, 11) is 1.36. The first-order valence-corrected chi connectivity index (χ1v) is 7.31. The molecule has 3 N–H and O–H groups in total. The zero-order chi connectivity index (χ0) is 17.0. The number of rotatable bonds is 7. The molecule has 0 aromatic heterocycles. The molecule has 1 unspecified atom stereocenters. The SMILES string of the molecule is COCC(C)(NC(=O)c1ccc(C(=O)NC2CC2)cc1)C(=O)O. The normalized spacial score (nSPS) is 16.3. The van der Waals surface area contributed by atoms with Crippen LogP contribution in [0.2, 0.25) is 0 Å². The number of amides is 2. The van der Waals surface area contributed by atoms with Gasteiger partial charge in [0.2, 0.25) is 0 Å². The predicted molar refractivity (Wildman–Crippen MR) is 82.3 cm³/mol. The van der Waals surface area contributed by atoms with Gasteiger partial charge in [0.25, 0.3) is 11.8 Å². The van der Waals surface area contributed by atoms with Gasteiger partial charge < -0.3 is 20.5 Å². The molecule has 0 heterocycles. The molecule has 124 valence electrons. The average Bonchev–Trinajstić information content (AvgIpc) is 3.31. The number of nitrogens with one attached hydrogen (secondary N) is 2. The quantitative estimate of drug-likeness (QED) is 0.689. The standard InChI is InChI=1S/C16H20N2O5/c1-16(9-23-2,15(21)22)18-14(20)11-5-3-10(4-6-11)13(19)17-12-7-8-12/h3-6,12H,7-9H2,1-2H3,(H,17,19)(H,18,20)(H,21,22). The number of carboxylic acids is 1. The first-order valence-electron chi connectivity index (χ1n) is 7.31. The minimum Gasteiger partial charge on any atom is -0.479 e. The Bertz CT molecular complexity index is 609. The Kier molecular flexibility index (Phi) is 5.00. The van der Waals surface area contributed by atoms with Gasteiger partial charge in [-0.05, 0) is 44.0 Å². The highest BCUT2D eigenvalue weighted by molar-refractivity contribution is 5.99. The topological polar surface area (TPSA) is 105 Å². The fourth-order valence-corrected chi connectivity index (χ4v) is 2.03. The molecule has 1 fully saturated rings. The predicted octanol–water partition coefficient (Wildman–Crippen LogP) is 0.798. The van der Waals surface area contributed by atoms with Crippen molar-refractivity contribution < 1.29 is 24.2 Å². The van der Waals surface area contributed by atoms with Gasteiger partial charge in [0.1, 0.15) is 0 Å². The highest BCUT2D eigenvalue weighted by atomic mass is 16.5. The molecule has 1 saturated carbocycles. The third kappa shape index (κ3) is 4.29. The number of hydrogen-bond acceptors (Lipinski definition) is 4. The van der Waals surface area contributed by atoms with Crippen LogP contribution < -0.4 is 10.6 Å². The minimum absolute atomic E-state index is 0.157. The number of methoxy groups -OCH3 is 1. The first kappa shape index (κ1) is 17.0. The van der Waals surface area contributed by atoms with Gasteiger partial charge in [-0.2, -0.15) is 0 Å². The van der Waals surface area contributed by atoms with Crippen LogP contribution in [-0.4, -0.2) is 48.2 Å². The fraction of sp³-hybridized carbons (Fsp3) is 0.438. The second-order valence-electron chi connectivity index (χ2n) is 5.85. The van der Waals surface area contributed by atoms with Crippen molar-refractivity contribution in [1.82, 2.24) is 10.6 Å². The Balaban J connectivity index is 2.04. The van der Waals surface area contributed by atoms with E-state index in [-0.39, 0.29) is 24.1 Å². The van der Waals surface area contributed by atoms with E-state index in [2.05, 4.69) is 10.6 Å². The maximum absolute atomic E-state index is 12.2. The molecule has 2 amide bonds. The molecule has 1 aliphatic carbocycles. The number of carboxylic acid groups (broad SMARTS) is 1. The van der Waals surface area contributed by atoms with Gasteiger partial charge in [-0.1, -0.05) is 0 Å². The minimum atomic E-state index is -1.52. The van der Waals surface area contributed by atoms with Crippen LogP contribution in [0.1, 0.15) is 40.5 Å². The van der Waals surface area contributed by atoms with Gasteiger partial charge >= 0.3 is 5.97 Å². The molecule has 1 aromatic rings. The summed E-state index contributed by atoms with van der Waals surface area (Å²) in [6.07, 6.45) is 2.00. The van der Waals surface area contributed by atoms with E-state index in [1.54, 1.807) is 12.1 Å². The molecular formula is C16H20N2O5. The molecule has 0 spiro atoms. The van der Waals surface area contributed by atoms with Crippen molar-refractivity contribution in [3.63, 3.8) is 0 Å². The van der Waals surface area contributed by atoms with Crippen LogP contribution in [0.4, 0.5) is 0 Å². The van der Waals surface area contributed by atoms with Crippen LogP contribution in [0.25, 0.3) is 0 Å². The van der Waals surface area contributed by atoms with Crippen LogP contribution in [0.5, 0.6) is 0 Å². The molecule has 1 aliphatic rings. The van der Waals surface area contributed by atoms with Crippen molar-refractivity contribution in [2.24, 2.45) is 0 Å². The number of ether oxygens (including phenoxy) is 1. The molecule has 0 radical (unpaired) electrons. The lowest BCUT2D eigenvalue weighted by Crippen LogP contribution is -2.55. The van der Waals surface area contributed by atoms with Crippen LogP contribution in [0, 0.1) is 0 Å². The molecule has 23 heavy (non-hydrogen) atoms. The van der Waals surface area contributed by atoms with E-state index in [4.69, 9.17) is 4.74 Å². The largest absolute Gasteiger partial charge is 0.479 e. The Hall–Kier alpha value is -2.41. The summed E-state index contributed by atoms with van der Waals surface area (Å²) >= 11 is 0. The van der Waals surface area contributed by atoms with E-state index in [1.807, 2.05) is 0 Å². The Morgan fingerprint density at radius 3 is 2.13 bits per heavy atom. The van der Waals surface area contributed by atoms with Crippen molar-refractivity contribution >= 4 is 17.8 Å². The van der Waals surface area contributed by atoms with E-state index in [0.29, 0.717) is 5.56 Å². The molecule has 7 heteroatoms. The summed E-state index contributed by atoms with van der Waals surface area (Å²) in [5.74, 6) is -1.90. The zero-order valence-corrected chi connectivity index (χ0v) is 13.1. The van der Waals surface area contributed by atoms with E-state index >= 15 is 0 Å². The molecule has 1 atom stereocenters. The van der Waals surface area contributed by atoms with E-state index in [0.717, 1.165) is 12.8 Å². The van der Waals surface area contributed by atoms with Crippen LogP contribution in [-0.2, 0) is 9.53 Å². The number of benzene rings is 1. The fourth-order valence-electron chi connectivity index (χ4n) is 2.03. The van der Waals surface area contributed by atoms with Crippen molar-refractivity contribution in [3.8, 4) is 0 Å². The summed E-state index contributed by atoms with van der Waals surface area (Å²) in [6, 6.07) is 6.33. The van der Waals surface area contributed by atoms with Crippen LogP contribution in [0.15, 0.2) is 24.3 Å². The average molecular weight is 320 g/mol. The molecule has 0 bridgehead atoms. The monoisotopic (exact) mass is 320 g/mol. The van der Waals surface area contributed by atoms with Crippen LogP contribution in [0.3, 0.4) is 0 Å². The van der Waals surface area contributed by atoms with E-state index in [1.165, 1.54) is 26.2 Å². The van der Waals surface area contributed by atoms with E-state index in [9.17, 15) is 19.5 Å². The first-order chi connectivity index (χ1) is 10.9. The van der Waals surface area contributed by atoms with Gasteiger partial charge in [0, 0.05) is 24.3 Å². The molecule has 7 nitrogen and oxygen atoms in total. The summed E-state index contributed by atoms with van der Waals surface area (Å²) in [5.41, 5.74) is -0.781. The molecule has 1 aromatic carbocycles. The summed E-state index contributed by atoms with van der Waals surface area (Å²) in [6.45, 7) is 1.21.